The molecule has 0 spiro atoms. The quantitative estimate of drug-likeness (QED) is 0.807. The maximum atomic E-state index is 11.3. The van der Waals surface area contributed by atoms with Crippen LogP contribution in [0.4, 0.5) is 5.69 Å². The molecule has 0 saturated carbocycles. The lowest BCUT2D eigenvalue weighted by Gasteiger charge is -2.17. The molecule has 0 aliphatic rings. The number of hydrogen-bond donors (Lipinski definition) is 1. The Bertz CT molecular complexity index is 368. The minimum atomic E-state index is 0.0536. The van der Waals surface area contributed by atoms with Crippen molar-refractivity contribution in [2.75, 3.05) is 5.32 Å². The number of anilines is 1. The van der Waals surface area contributed by atoms with E-state index in [2.05, 4.69) is 32.2 Å². The van der Waals surface area contributed by atoms with Gasteiger partial charge in [0.05, 0.1) is 0 Å². The summed E-state index contributed by atoms with van der Waals surface area (Å²) < 4.78 is 0.188. The van der Waals surface area contributed by atoms with E-state index >= 15 is 0 Å². The van der Waals surface area contributed by atoms with Crippen molar-refractivity contribution in [2.24, 2.45) is 0 Å². The summed E-state index contributed by atoms with van der Waals surface area (Å²) in [5, 5.41) is 2.87. The molecule has 1 rings (SSSR count). The molecule has 0 unspecified atom stereocenters. The van der Waals surface area contributed by atoms with Crippen molar-refractivity contribution in [1.82, 2.24) is 0 Å². The fourth-order valence-corrected chi connectivity index (χ4v) is 2.28. The molecule has 0 aliphatic heterocycles. The maximum Gasteiger partial charge on any atom is 0.224 e. The van der Waals surface area contributed by atoms with Gasteiger partial charge in [-0.25, -0.2) is 0 Å². The number of carbonyl (C=O) groups is 1. The summed E-state index contributed by atoms with van der Waals surface area (Å²) in [5.74, 6) is 0.0536. The molecule has 1 aromatic rings. The van der Waals surface area contributed by atoms with Gasteiger partial charge < -0.3 is 5.32 Å². The number of nitrogens with one attached hydrogen (secondary N) is 1. The Morgan fingerprint density at radius 1 is 1.38 bits per heavy atom. The van der Waals surface area contributed by atoms with Crippen molar-refractivity contribution in [2.45, 2.75) is 43.8 Å². The van der Waals surface area contributed by atoms with Crippen LogP contribution in [-0.2, 0) is 4.79 Å². The molecule has 88 valence electrons. The molecule has 0 aromatic heterocycles. The molecule has 2 nitrogen and oxygen atoms in total. The van der Waals surface area contributed by atoms with Gasteiger partial charge >= 0.3 is 0 Å². The van der Waals surface area contributed by atoms with Crippen LogP contribution in [0.3, 0.4) is 0 Å². The van der Waals surface area contributed by atoms with Gasteiger partial charge in [0, 0.05) is 21.8 Å². The Morgan fingerprint density at radius 3 is 2.62 bits per heavy atom. The highest BCUT2D eigenvalue weighted by molar-refractivity contribution is 8.00. The van der Waals surface area contributed by atoms with Crippen molar-refractivity contribution < 1.29 is 4.79 Å². The average Bonchev–Trinajstić information content (AvgIpc) is 2.15. The van der Waals surface area contributed by atoms with Gasteiger partial charge in [0.25, 0.3) is 0 Å². The van der Waals surface area contributed by atoms with Gasteiger partial charge in [-0.15, -0.1) is 11.8 Å². The van der Waals surface area contributed by atoms with E-state index in [1.165, 1.54) is 4.90 Å². The van der Waals surface area contributed by atoms with Crippen LogP contribution in [0.25, 0.3) is 0 Å². The summed E-state index contributed by atoms with van der Waals surface area (Å²) in [7, 11) is 0. The molecule has 0 fully saturated rings. The first kappa shape index (κ1) is 13.1. The van der Waals surface area contributed by atoms with Crippen LogP contribution >= 0.6 is 11.8 Å². The zero-order valence-corrected chi connectivity index (χ0v) is 11.1. The standard InChI is InChI=1S/C13H19NOS/c1-5-12(15)14-10-7-6-8-11(9-10)16-13(2,3)4/h6-9H,5H2,1-4H3,(H,14,15). The highest BCUT2D eigenvalue weighted by Gasteiger charge is 2.12. The molecule has 0 saturated heterocycles. The van der Waals surface area contributed by atoms with Gasteiger partial charge in [-0.1, -0.05) is 33.8 Å². The minimum Gasteiger partial charge on any atom is -0.326 e. The first-order valence-corrected chi connectivity index (χ1v) is 6.31. The van der Waals surface area contributed by atoms with Gasteiger partial charge in [0.1, 0.15) is 0 Å². The van der Waals surface area contributed by atoms with Crippen molar-refractivity contribution in [1.29, 1.82) is 0 Å². The number of carbonyl (C=O) groups excluding carboxylic acids is 1. The zero-order valence-electron chi connectivity index (χ0n) is 10.3. The summed E-state index contributed by atoms with van der Waals surface area (Å²) in [6.45, 7) is 8.38. The molecule has 1 aromatic carbocycles. The third-order valence-corrected chi connectivity index (χ3v) is 2.96. The molecule has 1 N–H and O–H groups in total. The summed E-state index contributed by atoms with van der Waals surface area (Å²) in [5.41, 5.74) is 0.876. The Labute approximate surface area is 102 Å². The number of rotatable bonds is 3. The summed E-state index contributed by atoms with van der Waals surface area (Å²) >= 11 is 1.80. The Kier molecular flexibility index (Phi) is 4.42. The SMILES string of the molecule is CCC(=O)Nc1cccc(SC(C)(C)C)c1. The number of hydrogen-bond acceptors (Lipinski definition) is 2. The molecular weight excluding hydrogens is 218 g/mol. The molecule has 0 atom stereocenters. The fraction of sp³-hybridized carbons (Fsp3) is 0.462. The topological polar surface area (TPSA) is 29.1 Å². The van der Waals surface area contributed by atoms with E-state index in [-0.39, 0.29) is 10.7 Å². The molecule has 0 heterocycles. The lowest BCUT2D eigenvalue weighted by Crippen LogP contribution is -2.10. The van der Waals surface area contributed by atoms with E-state index < -0.39 is 0 Å². The van der Waals surface area contributed by atoms with E-state index in [9.17, 15) is 4.79 Å². The van der Waals surface area contributed by atoms with E-state index in [1.807, 2.05) is 25.1 Å². The molecule has 3 heteroatoms. The van der Waals surface area contributed by atoms with Crippen LogP contribution in [0, 0.1) is 0 Å². The monoisotopic (exact) mass is 237 g/mol. The molecule has 0 aliphatic carbocycles. The lowest BCUT2D eigenvalue weighted by atomic mass is 10.3. The van der Waals surface area contributed by atoms with Crippen LogP contribution < -0.4 is 5.32 Å². The van der Waals surface area contributed by atoms with Crippen LogP contribution in [0.2, 0.25) is 0 Å². The molecule has 16 heavy (non-hydrogen) atoms. The average molecular weight is 237 g/mol. The molecule has 0 bridgehead atoms. The third kappa shape index (κ3) is 4.71. The van der Waals surface area contributed by atoms with Crippen LogP contribution in [0.15, 0.2) is 29.2 Å². The summed E-state index contributed by atoms with van der Waals surface area (Å²) in [4.78, 5) is 12.4. The van der Waals surface area contributed by atoms with Crippen molar-refractivity contribution >= 4 is 23.4 Å². The predicted octanol–water partition coefficient (Wildman–Crippen LogP) is 3.93. The zero-order chi connectivity index (χ0) is 12.2. The maximum absolute atomic E-state index is 11.3. The molecular formula is C13H19NOS. The number of benzene rings is 1. The van der Waals surface area contributed by atoms with Gasteiger partial charge in [0.2, 0.25) is 5.91 Å². The Hall–Kier alpha value is -0.960. The predicted molar refractivity (Wildman–Crippen MR) is 71.0 cm³/mol. The second-order valence-corrected chi connectivity index (χ2v) is 6.54. The first-order valence-electron chi connectivity index (χ1n) is 5.49. The summed E-state index contributed by atoms with van der Waals surface area (Å²) in [6, 6.07) is 7.97. The summed E-state index contributed by atoms with van der Waals surface area (Å²) in [6.07, 6.45) is 0.511. The third-order valence-electron chi connectivity index (χ3n) is 1.86. The van der Waals surface area contributed by atoms with Gasteiger partial charge in [-0.05, 0) is 18.2 Å². The van der Waals surface area contributed by atoms with Crippen LogP contribution in [0.5, 0.6) is 0 Å². The van der Waals surface area contributed by atoms with Crippen LogP contribution in [-0.4, -0.2) is 10.7 Å². The van der Waals surface area contributed by atoms with E-state index in [0.29, 0.717) is 6.42 Å². The lowest BCUT2D eigenvalue weighted by molar-refractivity contribution is -0.115. The van der Waals surface area contributed by atoms with Crippen LogP contribution in [0.1, 0.15) is 34.1 Å². The normalized spacial score (nSPS) is 11.2. The van der Waals surface area contributed by atoms with Crippen molar-refractivity contribution in [3.05, 3.63) is 24.3 Å². The largest absolute Gasteiger partial charge is 0.326 e. The molecule has 0 radical (unpaired) electrons. The fourth-order valence-electron chi connectivity index (χ4n) is 1.24. The Balaban J connectivity index is 2.75. The van der Waals surface area contributed by atoms with Gasteiger partial charge in [-0.3, -0.25) is 4.79 Å². The molecule has 1 amide bonds. The smallest absolute Gasteiger partial charge is 0.224 e. The highest BCUT2D eigenvalue weighted by atomic mass is 32.2. The Morgan fingerprint density at radius 2 is 2.06 bits per heavy atom. The number of amides is 1. The highest BCUT2D eigenvalue weighted by Crippen LogP contribution is 2.32. The minimum absolute atomic E-state index is 0.0536. The van der Waals surface area contributed by atoms with E-state index in [4.69, 9.17) is 0 Å². The van der Waals surface area contributed by atoms with Crippen molar-refractivity contribution in [3.63, 3.8) is 0 Å². The van der Waals surface area contributed by atoms with Gasteiger partial charge in [0.15, 0.2) is 0 Å². The second-order valence-electron chi connectivity index (χ2n) is 4.64. The van der Waals surface area contributed by atoms with Gasteiger partial charge in [-0.2, -0.15) is 0 Å². The van der Waals surface area contributed by atoms with E-state index in [1.54, 1.807) is 11.8 Å². The first-order chi connectivity index (χ1) is 7.40. The number of thioether (sulfide) groups is 1. The second kappa shape index (κ2) is 5.39. The van der Waals surface area contributed by atoms with E-state index in [0.717, 1.165) is 5.69 Å². The van der Waals surface area contributed by atoms with Crippen molar-refractivity contribution in [3.8, 4) is 0 Å².